The zero-order valence-corrected chi connectivity index (χ0v) is 21.4. The number of amides is 1. The number of anilines is 1. The fraction of sp³-hybridized carbons (Fsp3) is 0.423. The van der Waals surface area contributed by atoms with Crippen LogP contribution in [-0.2, 0) is 9.53 Å². The van der Waals surface area contributed by atoms with Crippen molar-refractivity contribution in [1.82, 2.24) is 34.4 Å². The van der Waals surface area contributed by atoms with Crippen LogP contribution >= 0.6 is 0 Å². The monoisotopic (exact) mass is 532 g/mol. The average Bonchev–Trinajstić information content (AvgIpc) is 2.97. The van der Waals surface area contributed by atoms with Crippen LogP contribution in [0.25, 0.3) is 33.2 Å². The lowest BCUT2D eigenvalue weighted by Gasteiger charge is -2.34. The van der Waals surface area contributed by atoms with Gasteiger partial charge in [-0.15, -0.1) is 0 Å². The molecule has 13 heteroatoms. The van der Waals surface area contributed by atoms with E-state index < -0.39 is 17.4 Å². The Morgan fingerprint density at radius 1 is 1.05 bits per heavy atom. The third-order valence-corrected chi connectivity index (χ3v) is 7.34. The molecule has 2 aliphatic rings. The van der Waals surface area contributed by atoms with Gasteiger partial charge in [-0.2, -0.15) is 0 Å². The maximum Gasteiger partial charge on any atom is 0.329 e. The van der Waals surface area contributed by atoms with Gasteiger partial charge in [-0.05, 0) is 31.9 Å². The highest BCUT2D eigenvalue weighted by Crippen LogP contribution is 2.29. The van der Waals surface area contributed by atoms with E-state index >= 15 is 0 Å². The molecule has 0 radical (unpaired) electrons. The minimum atomic E-state index is -1.08. The Balaban J connectivity index is 1.41. The number of carbonyl (C=O) groups excluding carboxylic acids is 1. The number of likely N-dealkylation sites (tertiary alicyclic amines) is 1. The van der Waals surface area contributed by atoms with Gasteiger partial charge < -0.3 is 19.6 Å². The SMILES string of the molecule is C[C@@H](O)C(=O)N1CCC(n2c(=O)[nH]c(=O)c3cnc4ccc(-c5cnc(N6CCOCC6)nc5)nc4c32)CC1. The molecule has 13 nitrogen and oxygen atoms in total. The Labute approximate surface area is 222 Å². The molecular weight excluding hydrogens is 504 g/mol. The minimum absolute atomic E-state index is 0.258. The van der Waals surface area contributed by atoms with Crippen molar-refractivity contribution in [2.45, 2.75) is 31.9 Å². The number of rotatable bonds is 4. The van der Waals surface area contributed by atoms with Gasteiger partial charge in [0.05, 0.1) is 35.3 Å². The number of morpholine rings is 1. The highest BCUT2D eigenvalue weighted by molar-refractivity contribution is 6.01. The standard InChI is InChI=1S/C26H28N8O5/c1-15(35)24(37)32-6-4-17(5-7-32)34-22-18(23(36)31-26(34)38)14-27-20-3-2-19(30-21(20)22)16-12-28-25(29-13-16)33-8-10-39-11-9-33/h2-3,12-15,17,35H,4-11H2,1H3,(H,31,36,38)/t15-/m1/s1. The second-order valence-electron chi connectivity index (χ2n) is 9.82. The van der Waals surface area contributed by atoms with E-state index in [-0.39, 0.29) is 17.3 Å². The molecule has 4 aromatic rings. The molecule has 0 unspecified atom stereocenters. The first kappa shape index (κ1) is 25.1. The lowest BCUT2D eigenvalue weighted by molar-refractivity contribution is -0.140. The van der Waals surface area contributed by atoms with Crippen LogP contribution in [0.2, 0.25) is 0 Å². The molecular formula is C26H28N8O5. The van der Waals surface area contributed by atoms with E-state index in [1.54, 1.807) is 27.9 Å². The van der Waals surface area contributed by atoms with Crippen molar-refractivity contribution in [3.05, 3.63) is 51.6 Å². The number of aliphatic hydroxyl groups is 1. The summed E-state index contributed by atoms with van der Waals surface area (Å²) in [5, 5.41) is 9.93. The average molecular weight is 533 g/mol. The first-order chi connectivity index (χ1) is 18.9. The van der Waals surface area contributed by atoms with E-state index in [9.17, 15) is 19.5 Å². The molecule has 6 heterocycles. The molecule has 0 bridgehead atoms. The molecule has 2 aliphatic heterocycles. The van der Waals surface area contributed by atoms with Gasteiger partial charge >= 0.3 is 5.69 Å². The highest BCUT2D eigenvalue weighted by atomic mass is 16.5. The van der Waals surface area contributed by atoms with Crippen molar-refractivity contribution in [3.8, 4) is 11.3 Å². The Hall–Kier alpha value is -4.23. The van der Waals surface area contributed by atoms with Gasteiger partial charge in [0, 0.05) is 56.4 Å². The molecule has 39 heavy (non-hydrogen) atoms. The quantitative estimate of drug-likeness (QED) is 0.354. The number of ether oxygens (including phenoxy) is 1. The molecule has 6 rings (SSSR count). The van der Waals surface area contributed by atoms with Crippen molar-refractivity contribution in [1.29, 1.82) is 0 Å². The van der Waals surface area contributed by atoms with Crippen LogP contribution in [0.3, 0.4) is 0 Å². The van der Waals surface area contributed by atoms with Gasteiger partial charge in [-0.1, -0.05) is 0 Å². The fourth-order valence-electron chi connectivity index (χ4n) is 5.29. The largest absolute Gasteiger partial charge is 0.384 e. The number of piperidine rings is 1. The van der Waals surface area contributed by atoms with Gasteiger partial charge in [0.25, 0.3) is 11.5 Å². The Morgan fingerprint density at radius 3 is 2.46 bits per heavy atom. The normalized spacial score (nSPS) is 17.6. The lowest BCUT2D eigenvalue weighted by Crippen LogP contribution is -2.45. The fourth-order valence-corrected chi connectivity index (χ4v) is 5.29. The molecule has 202 valence electrons. The van der Waals surface area contributed by atoms with Gasteiger partial charge in [0.2, 0.25) is 5.95 Å². The van der Waals surface area contributed by atoms with E-state index in [1.807, 2.05) is 6.07 Å². The maximum absolute atomic E-state index is 13.2. The van der Waals surface area contributed by atoms with Gasteiger partial charge in [0.15, 0.2) is 0 Å². The molecule has 0 aliphatic carbocycles. The molecule has 0 spiro atoms. The summed E-state index contributed by atoms with van der Waals surface area (Å²) < 4.78 is 6.97. The Bertz CT molecular complexity index is 1650. The molecule has 1 amide bonds. The lowest BCUT2D eigenvalue weighted by atomic mass is 10.0. The van der Waals surface area contributed by atoms with Crippen LogP contribution in [0.1, 0.15) is 25.8 Å². The van der Waals surface area contributed by atoms with Crippen LogP contribution < -0.4 is 16.1 Å². The summed E-state index contributed by atoms with van der Waals surface area (Å²) >= 11 is 0. The number of nitrogens with one attached hydrogen (secondary N) is 1. The first-order valence-electron chi connectivity index (χ1n) is 13.0. The number of fused-ring (bicyclic) bond motifs is 3. The van der Waals surface area contributed by atoms with Crippen molar-refractivity contribution in [2.75, 3.05) is 44.3 Å². The van der Waals surface area contributed by atoms with Crippen LogP contribution in [0.5, 0.6) is 0 Å². The van der Waals surface area contributed by atoms with Crippen LogP contribution in [0, 0.1) is 0 Å². The van der Waals surface area contributed by atoms with Crippen molar-refractivity contribution in [2.24, 2.45) is 0 Å². The molecule has 1 atom stereocenters. The number of pyridine rings is 2. The summed E-state index contributed by atoms with van der Waals surface area (Å²) in [5.41, 5.74) is 1.57. The molecule has 4 aromatic heterocycles. The number of aromatic amines is 1. The maximum atomic E-state index is 13.2. The minimum Gasteiger partial charge on any atom is -0.384 e. The summed E-state index contributed by atoms with van der Waals surface area (Å²) in [6.07, 6.45) is 4.76. The van der Waals surface area contributed by atoms with E-state index in [4.69, 9.17) is 9.72 Å². The van der Waals surface area contributed by atoms with Gasteiger partial charge in [0.1, 0.15) is 11.6 Å². The van der Waals surface area contributed by atoms with Crippen LogP contribution in [0.4, 0.5) is 5.95 Å². The predicted molar refractivity (Wildman–Crippen MR) is 143 cm³/mol. The summed E-state index contributed by atoms with van der Waals surface area (Å²) in [6, 6.07) is 3.33. The third kappa shape index (κ3) is 4.63. The molecule has 2 saturated heterocycles. The van der Waals surface area contributed by atoms with E-state index in [2.05, 4.69) is 24.8 Å². The Morgan fingerprint density at radius 2 is 1.77 bits per heavy atom. The van der Waals surface area contributed by atoms with Crippen molar-refractivity contribution < 1.29 is 14.6 Å². The number of H-pyrrole nitrogens is 1. The van der Waals surface area contributed by atoms with E-state index in [0.29, 0.717) is 72.9 Å². The van der Waals surface area contributed by atoms with Crippen molar-refractivity contribution in [3.63, 3.8) is 0 Å². The zero-order valence-electron chi connectivity index (χ0n) is 21.4. The van der Waals surface area contributed by atoms with Crippen LogP contribution in [0.15, 0.2) is 40.3 Å². The smallest absolute Gasteiger partial charge is 0.329 e. The number of carbonyl (C=O) groups is 1. The predicted octanol–water partition coefficient (Wildman–Crippen LogP) is 0.471. The number of aromatic nitrogens is 6. The van der Waals surface area contributed by atoms with Gasteiger partial charge in [-0.3, -0.25) is 24.1 Å². The zero-order chi connectivity index (χ0) is 27.1. The summed E-state index contributed by atoms with van der Waals surface area (Å²) in [6.45, 7) is 4.93. The topological polar surface area (TPSA) is 159 Å². The van der Waals surface area contributed by atoms with Gasteiger partial charge in [-0.25, -0.2) is 19.7 Å². The molecule has 0 saturated carbocycles. The second-order valence-corrected chi connectivity index (χ2v) is 9.82. The summed E-state index contributed by atoms with van der Waals surface area (Å²) in [7, 11) is 0. The Kier molecular flexibility index (Phi) is 6.53. The first-order valence-corrected chi connectivity index (χ1v) is 13.0. The van der Waals surface area contributed by atoms with Crippen molar-refractivity contribution >= 4 is 33.8 Å². The molecule has 0 aromatic carbocycles. The van der Waals surface area contributed by atoms with E-state index in [0.717, 1.165) is 13.1 Å². The van der Waals surface area contributed by atoms with Crippen LogP contribution in [-0.4, -0.2) is 90.9 Å². The second kappa shape index (κ2) is 10.2. The number of hydrogen-bond acceptors (Lipinski definition) is 10. The van der Waals surface area contributed by atoms with E-state index in [1.165, 1.54) is 13.1 Å². The number of nitrogens with zero attached hydrogens (tertiary/aromatic N) is 7. The number of aliphatic hydroxyl groups excluding tert-OH is 1. The summed E-state index contributed by atoms with van der Waals surface area (Å²) in [5.74, 6) is 0.283. The number of hydrogen-bond donors (Lipinski definition) is 2. The molecule has 2 N–H and O–H groups in total. The third-order valence-electron chi connectivity index (χ3n) is 7.34. The highest BCUT2D eigenvalue weighted by Gasteiger charge is 2.28. The molecule has 2 fully saturated rings. The summed E-state index contributed by atoms with van der Waals surface area (Å²) in [4.78, 5) is 62.6.